The Balaban J connectivity index is 2.36. The largest absolute Gasteiger partial charge is 0.481 e. The van der Waals surface area contributed by atoms with Gasteiger partial charge in [0.25, 0.3) is 5.56 Å². The summed E-state index contributed by atoms with van der Waals surface area (Å²) in [6.07, 6.45) is 3.26. The predicted octanol–water partition coefficient (Wildman–Crippen LogP) is 1.16. The van der Waals surface area contributed by atoms with Crippen molar-refractivity contribution in [1.82, 2.24) is 9.55 Å². The van der Waals surface area contributed by atoms with E-state index in [1.807, 2.05) is 27.7 Å². The van der Waals surface area contributed by atoms with Crippen LogP contribution in [0, 0.1) is 11.8 Å². The minimum absolute atomic E-state index is 0.0111. The fourth-order valence-electron chi connectivity index (χ4n) is 2.61. The van der Waals surface area contributed by atoms with E-state index in [1.165, 1.54) is 0 Å². The summed E-state index contributed by atoms with van der Waals surface area (Å²) in [5.74, 6) is -0.901. The van der Waals surface area contributed by atoms with E-state index in [1.54, 1.807) is 21.9 Å². The lowest BCUT2D eigenvalue weighted by Gasteiger charge is -2.24. The molecule has 1 saturated heterocycles. The number of anilines is 1. The third-order valence-electron chi connectivity index (χ3n) is 3.77. The first-order chi connectivity index (χ1) is 9.21. The van der Waals surface area contributed by atoms with Crippen LogP contribution in [0.2, 0.25) is 0 Å². The van der Waals surface area contributed by atoms with Crippen LogP contribution < -0.4 is 10.5 Å². The average Bonchev–Trinajstić information content (AvgIpc) is 2.70. The van der Waals surface area contributed by atoms with Crippen molar-refractivity contribution in [2.45, 2.75) is 33.2 Å². The first kappa shape index (κ1) is 14.6. The number of aromatic nitrogens is 2. The van der Waals surface area contributed by atoms with Crippen molar-refractivity contribution in [1.29, 1.82) is 0 Å². The molecule has 20 heavy (non-hydrogen) atoms. The Kier molecular flexibility index (Phi) is 3.58. The lowest BCUT2D eigenvalue weighted by molar-refractivity contribution is -0.142. The molecule has 110 valence electrons. The maximum atomic E-state index is 12.5. The van der Waals surface area contributed by atoms with Crippen molar-refractivity contribution >= 4 is 11.8 Å². The van der Waals surface area contributed by atoms with E-state index in [0.717, 1.165) is 0 Å². The molecule has 2 heterocycles. The van der Waals surface area contributed by atoms with Gasteiger partial charge in [0.2, 0.25) is 0 Å². The second kappa shape index (κ2) is 4.92. The number of aliphatic carboxylic acids is 1. The molecule has 1 aliphatic rings. The zero-order chi connectivity index (χ0) is 15.1. The third kappa shape index (κ3) is 2.55. The van der Waals surface area contributed by atoms with Gasteiger partial charge in [-0.3, -0.25) is 9.59 Å². The van der Waals surface area contributed by atoms with Gasteiger partial charge in [0.1, 0.15) is 0 Å². The highest BCUT2D eigenvalue weighted by molar-refractivity contribution is 5.72. The summed E-state index contributed by atoms with van der Waals surface area (Å²) < 4.78 is 1.63. The van der Waals surface area contributed by atoms with Crippen LogP contribution >= 0.6 is 0 Å². The Hall–Kier alpha value is -1.85. The minimum atomic E-state index is -0.813. The number of hydrogen-bond acceptors (Lipinski definition) is 4. The van der Waals surface area contributed by atoms with Crippen LogP contribution in [0.1, 0.15) is 27.7 Å². The smallest absolute Gasteiger partial charge is 0.308 e. The van der Waals surface area contributed by atoms with Gasteiger partial charge < -0.3 is 14.6 Å². The number of rotatable bonds is 2. The van der Waals surface area contributed by atoms with Gasteiger partial charge in [0, 0.05) is 31.0 Å². The SMILES string of the molecule is CC1CN(c2nccn(C(C)(C)C)c2=O)CC1C(=O)O. The van der Waals surface area contributed by atoms with Gasteiger partial charge in [-0.15, -0.1) is 0 Å². The van der Waals surface area contributed by atoms with E-state index in [9.17, 15) is 14.7 Å². The maximum absolute atomic E-state index is 12.5. The number of nitrogens with zero attached hydrogens (tertiary/aromatic N) is 3. The topological polar surface area (TPSA) is 75.4 Å². The van der Waals surface area contributed by atoms with E-state index >= 15 is 0 Å². The quantitative estimate of drug-likeness (QED) is 0.879. The molecule has 2 unspecified atom stereocenters. The van der Waals surface area contributed by atoms with Crippen LogP contribution in [0.15, 0.2) is 17.2 Å². The molecule has 0 bridgehead atoms. The van der Waals surface area contributed by atoms with Crippen LogP contribution in [0.3, 0.4) is 0 Å². The fourth-order valence-corrected chi connectivity index (χ4v) is 2.61. The van der Waals surface area contributed by atoms with Crippen molar-refractivity contribution < 1.29 is 9.90 Å². The van der Waals surface area contributed by atoms with Gasteiger partial charge >= 0.3 is 5.97 Å². The van der Waals surface area contributed by atoms with Crippen molar-refractivity contribution in [3.63, 3.8) is 0 Å². The normalized spacial score (nSPS) is 23.1. The first-order valence-electron chi connectivity index (χ1n) is 6.77. The van der Waals surface area contributed by atoms with Crippen molar-refractivity contribution in [2.24, 2.45) is 11.8 Å². The molecule has 0 aliphatic carbocycles. The van der Waals surface area contributed by atoms with Crippen LogP contribution in [0.4, 0.5) is 5.82 Å². The third-order valence-corrected chi connectivity index (χ3v) is 3.77. The molecule has 6 heteroatoms. The Labute approximate surface area is 118 Å². The molecular formula is C14H21N3O3. The van der Waals surface area contributed by atoms with Gasteiger partial charge in [-0.05, 0) is 26.7 Å². The summed E-state index contributed by atoms with van der Waals surface area (Å²) in [4.78, 5) is 29.6. The molecule has 0 saturated carbocycles. The summed E-state index contributed by atoms with van der Waals surface area (Å²) in [7, 11) is 0. The molecule has 0 spiro atoms. The standard InChI is InChI=1S/C14H21N3O3/c1-9-7-16(8-10(9)13(19)20)11-12(18)17(6-5-15-11)14(2,3)4/h5-6,9-10H,7-8H2,1-4H3,(H,19,20). The molecule has 6 nitrogen and oxygen atoms in total. The zero-order valence-electron chi connectivity index (χ0n) is 12.3. The highest BCUT2D eigenvalue weighted by Gasteiger charge is 2.36. The van der Waals surface area contributed by atoms with E-state index < -0.39 is 11.9 Å². The summed E-state index contributed by atoms with van der Waals surface area (Å²) >= 11 is 0. The Morgan fingerprint density at radius 1 is 1.40 bits per heavy atom. The highest BCUT2D eigenvalue weighted by atomic mass is 16.4. The Morgan fingerprint density at radius 3 is 2.55 bits per heavy atom. The minimum Gasteiger partial charge on any atom is -0.481 e. The first-order valence-corrected chi connectivity index (χ1v) is 6.77. The number of hydrogen-bond donors (Lipinski definition) is 1. The van der Waals surface area contributed by atoms with Crippen LogP contribution in [0.5, 0.6) is 0 Å². The average molecular weight is 279 g/mol. The molecule has 1 fully saturated rings. The van der Waals surface area contributed by atoms with Crippen LogP contribution in [0.25, 0.3) is 0 Å². The number of carboxylic acid groups (broad SMARTS) is 1. The summed E-state index contributed by atoms with van der Waals surface area (Å²) in [6.45, 7) is 8.63. The Bertz CT molecular complexity index is 574. The molecule has 0 radical (unpaired) electrons. The molecule has 1 aromatic rings. The van der Waals surface area contributed by atoms with Crippen LogP contribution in [-0.2, 0) is 10.3 Å². The monoisotopic (exact) mass is 279 g/mol. The lowest BCUT2D eigenvalue weighted by Crippen LogP contribution is -2.38. The Morgan fingerprint density at radius 2 is 2.05 bits per heavy atom. The van der Waals surface area contributed by atoms with Crippen molar-refractivity contribution in [3.8, 4) is 0 Å². The summed E-state index contributed by atoms with van der Waals surface area (Å²) in [5, 5.41) is 9.17. The second-order valence-corrected chi connectivity index (χ2v) is 6.42. The predicted molar refractivity (Wildman–Crippen MR) is 76.0 cm³/mol. The van der Waals surface area contributed by atoms with Gasteiger partial charge in [0.05, 0.1) is 5.92 Å². The van der Waals surface area contributed by atoms with Crippen molar-refractivity contribution in [2.75, 3.05) is 18.0 Å². The van der Waals surface area contributed by atoms with Crippen LogP contribution in [-0.4, -0.2) is 33.7 Å². The van der Waals surface area contributed by atoms with Gasteiger partial charge in [-0.2, -0.15) is 0 Å². The number of carboxylic acids is 1. The molecule has 1 N–H and O–H groups in total. The molecule has 1 aromatic heterocycles. The number of carbonyl (C=O) groups is 1. The maximum Gasteiger partial charge on any atom is 0.308 e. The summed E-state index contributed by atoms with van der Waals surface area (Å²) in [6, 6.07) is 0. The molecule has 2 atom stereocenters. The van der Waals surface area contributed by atoms with Gasteiger partial charge in [-0.1, -0.05) is 6.92 Å². The zero-order valence-corrected chi connectivity index (χ0v) is 12.3. The fraction of sp³-hybridized carbons (Fsp3) is 0.643. The van der Waals surface area contributed by atoms with E-state index in [4.69, 9.17) is 0 Å². The van der Waals surface area contributed by atoms with E-state index in [0.29, 0.717) is 18.9 Å². The van der Waals surface area contributed by atoms with Gasteiger partial charge in [0.15, 0.2) is 5.82 Å². The lowest BCUT2D eigenvalue weighted by atomic mass is 9.99. The summed E-state index contributed by atoms with van der Waals surface area (Å²) in [5.41, 5.74) is -0.495. The van der Waals surface area contributed by atoms with E-state index in [2.05, 4.69) is 4.98 Å². The molecular weight excluding hydrogens is 258 g/mol. The molecule has 1 aliphatic heterocycles. The van der Waals surface area contributed by atoms with E-state index in [-0.39, 0.29) is 17.0 Å². The second-order valence-electron chi connectivity index (χ2n) is 6.42. The highest BCUT2D eigenvalue weighted by Crippen LogP contribution is 2.25. The molecule has 2 rings (SSSR count). The molecule has 0 aromatic carbocycles. The van der Waals surface area contributed by atoms with Gasteiger partial charge in [-0.25, -0.2) is 4.98 Å². The van der Waals surface area contributed by atoms with Crippen molar-refractivity contribution in [3.05, 3.63) is 22.7 Å². The molecule has 0 amide bonds.